The average Bonchev–Trinajstić information content (AvgIpc) is 3.43. The monoisotopic (exact) mass is 527 g/mol. The highest BCUT2D eigenvalue weighted by molar-refractivity contribution is 6.33. The van der Waals surface area contributed by atoms with E-state index in [0.29, 0.717) is 16.6 Å². The van der Waals surface area contributed by atoms with Crippen molar-refractivity contribution in [2.75, 3.05) is 12.3 Å². The Morgan fingerprint density at radius 1 is 1.16 bits per heavy atom. The first-order valence-electron chi connectivity index (χ1n) is 11.2. The second-order valence-electron chi connectivity index (χ2n) is 8.42. The van der Waals surface area contributed by atoms with Crippen LogP contribution in [-0.4, -0.2) is 54.9 Å². The Balaban J connectivity index is 0.000000301. The fourth-order valence-electron chi connectivity index (χ4n) is 3.85. The lowest BCUT2D eigenvalue weighted by molar-refractivity contribution is -0.0601. The summed E-state index contributed by atoms with van der Waals surface area (Å²) in [6.45, 7) is 1.34. The first kappa shape index (κ1) is 26.0. The number of nitrogens with two attached hydrogens (primary N) is 1. The van der Waals surface area contributed by atoms with E-state index in [9.17, 15) is 9.59 Å². The number of anilines is 1. The molecule has 5 rings (SSSR count). The molecule has 2 aromatic carbocycles. The third kappa shape index (κ3) is 6.01. The maximum atomic E-state index is 15.2. The fraction of sp³-hybridized carbons (Fsp3) is 0.240. The lowest BCUT2D eigenvalue weighted by Gasteiger charge is -2.22. The van der Waals surface area contributed by atoms with Gasteiger partial charge in [0.2, 0.25) is 5.95 Å². The van der Waals surface area contributed by atoms with E-state index in [-0.39, 0.29) is 29.8 Å². The van der Waals surface area contributed by atoms with Crippen molar-refractivity contribution in [1.29, 1.82) is 0 Å². The number of benzene rings is 2. The molecule has 1 aliphatic rings. The largest absolute Gasteiger partial charge is 0.478 e. The number of hydrogen-bond donors (Lipinski definition) is 2. The summed E-state index contributed by atoms with van der Waals surface area (Å²) in [6, 6.07) is 16.9. The molecule has 37 heavy (non-hydrogen) atoms. The molecule has 3 atom stereocenters. The molecule has 0 unspecified atom stereocenters. The second kappa shape index (κ2) is 10.9. The number of nitrogens with zero attached hydrogens (tertiary/aromatic N) is 4. The third-order valence-electron chi connectivity index (χ3n) is 5.54. The molecule has 1 aliphatic heterocycles. The van der Waals surface area contributed by atoms with Gasteiger partial charge >= 0.3 is 11.9 Å². The summed E-state index contributed by atoms with van der Waals surface area (Å²) in [5.41, 5.74) is 5.22. The molecular formula is C25H23ClFN5O5. The number of halogens is 2. The molecule has 192 valence electrons. The third-order valence-corrected chi connectivity index (χ3v) is 5.81. The van der Waals surface area contributed by atoms with Crippen molar-refractivity contribution in [1.82, 2.24) is 19.5 Å². The lowest BCUT2D eigenvalue weighted by atomic mass is 10.0. The average molecular weight is 528 g/mol. The van der Waals surface area contributed by atoms with Gasteiger partial charge in [0.05, 0.1) is 23.6 Å². The lowest BCUT2D eigenvalue weighted by Crippen LogP contribution is -2.27. The molecule has 0 aliphatic carbocycles. The number of esters is 1. The van der Waals surface area contributed by atoms with Crippen LogP contribution in [-0.2, 0) is 9.47 Å². The Morgan fingerprint density at radius 3 is 2.38 bits per heavy atom. The number of rotatable bonds is 5. The van der Waals surface area contributed by atoms with Crippen LogP contribution in [0.1, 0.15) is 40.3 Å². The summed E-state index contributed by atoms with van der Waals surface area (Å²) in [5.74, 6) is -1.42. The smallest absolute Gasteiger partial charge is 0.338 e. The van der Waals surface area contributed by atoms with Crippen molar-refractivity contribution >= 4 is 40.7 Å². The van der Waals surface area contributed by atoms with Crippen molar-refractivity contribution < 1.29 is 28.6 Å². The summed E-state index contributed by atoms with van der Waals surface area (Å²) >= 11 is 6.03. The molecule has 2 aromatic heterocycles. The fourth-order valence-corrected chi connectivity index (χ4v) is 4.07. The maximum Gasteiger partial charge on any atom is 0.338 e. The van der Waals surface area contributed by atoms with E-state index in [1.54, 1.807) is 60.7 Å². The number of carboxylic acid groups (broad SMARTS) is 1. The minimum Gasteiger partial charge on any atom is -0.478 e. The molecule has 0 spiro atoms. The summed E-state index contributed by atoms with van der Waals surface area (Å²) in [5, 5.41) is 8.46. The molecule has 0 radical (unpaired) electrons. The molecule has 12 heteroatoms. The van der Waals surface area contributed by atoms with Crippen LogP contribution >= 0.6 is 11.6 Å². The van der Waals surface area contributed by atoms with E-state index in [1.807, 2.05) is 0 Å². The van der Waals surface area contributed by atoms with Crippen LogP contribution < -0.4 is 5.73 Å². The van der Waals surface area contributed by atoms with Gasteiger partial charge in [-0.1, -0.05) is 48.0 Å². The number of carboxylic acids is 1. The molecule has 3 N–H and O–H groups in total. The quantitative estimate of drug-likeness (QED) is 0.286. The van der Waals surface area contributed by atoms with E-state index in [1.165, 1.54) is 17.8 Å². The Labute approximate surface area is 215 Å². The molecule has 0 saturated carbocycles. The highest BCUT2D eigenvalue weighted by atomic mass is 35.5. The van der Waals surface area contributed by atoms with Gasteiger partial charge in [-0.15, -0.1) is 0 Å². The van der Waals surface area contributed by atoms with Gasteiger partial charge in [0, 0.05) is 6.42 Å². The van der Waals surface area contributed by atoms with Crippen molar-refractivity contribution in [3.63, 3.8) is 0 Å². The van der Waals surface area contributed by atoms with Crippen molar-refractivity contribution in [3.8, 4) is 0 Å². The summed E-state index contributed by atoms with van der Waals surface area (Å²) in [6.07, 6.45) is -0.234. The van der Waals surface area contributed by atoms with E-state index in [4.69, 9.17) is 31.9 Å². The van der Waals surface area contributed by atoms with Crippen LogP contribution in [0.4, 0.5) is 10.3 Å². The van der Waals surface area contributed by atoms with Gasteiger partial charge in [-0.2, -0.15) is 9.97 Å². The van der Waals surface area contributed by atoms with Gasteiger partial charge in [0.15, 0.2) is 22.7 Å². The number of carbonyl (C=O) groups excluding carboxylic acids is 1. The summed E-state index contributed by atoms with van der Waals surface area (Å²) in [4.78, 5) is 34.3. The SMILES string of the molecule is C[C@@]1(F)C[C@H](COC(=O)c2ccccc2)O[C@H]1n1cnc2c(Cl)nc(N)nc21.O=C(O)c1ccccc1. The van der Waals surface area contributed by atoms with Crippen molar-refractivity contribution in [3.05, 3.63) is 83.3 Å². The number of carbonyl (C=O) groups is 2. The van der Waals surface area contributed by atoms with Crippen molar-refractivity contribution in [2.45, 2.75) is 31.3 Å². The molecule has 3 heterocycles. The topological polar surface area (TPSA) is 142 Å². The zero-order valence-electron chi connectivity index (χ0n) is 19.6. The van der Waals surface area contributed by atoms with Crippen molar-refractivity contribution in [2.24, 2.45) is 0 Å². The van der Waals surface area contributed by atoms with E-state index in [0.717, 1.165) is 0 Å². The normalized spacial score (nSPS) is 20.7. The molecule has 1 fully saturated rings. The first-order valence-corrected chi connectivity index (χ1v) is 11.5. The van der Waals surface area contributed by atoms with Crippen LogP contribution in [0.25, 0.3) is 11.2 Å². The number of fused-ring (bicyclic) bond motifs is 1. The second-order valence-corrected chi connectivity index (χ2v) is 8.78. The van der Waals surface area contributed by atoms with Crippen LogP contribution in [0.5, 0.6) is 0 Å². The molecular weight excluding hydrogens is 505 g/mol. The first-order chi connectivity index (χ1) is 17.7. The zero-order chi connectivity index (χ0) is 26.6. The number of nitrogen functional groups attached to an aromatic ring is 1. The summed E-state index contributed by atoms with van der Waals surface area (Å²) in [7, 11) is 0. The Morgan fingerprint density at radius 2 is 1.78 bits per heavy atom. The van der Waals surface area contributed by atoms with Gasteiger partial charge < -0.3 is 20.3 Å². The number of aromatic carboxylic acids is 1. The van der Waals surface area contributed by atoms with E-state index >= 15 is 4.39 Å². The van der Waals surface area contributed by atoms with Gasteiger partial charge in [-0.25, -0.2) is 19.0 Å². The highest BCUT2D eigenvalue weighted by Gasteiger charge is 2.48. The number of alkyl halides is 1. The molecule has 4 aromatic rings. The minimum atomic E-state index is -1.75. The van der Waals surface area contributed by atoms with Gasteiger partial charge in [0.1, 0.15) is 12.1 Å². The molecule has 0 amide bonds. The van der Waals surface area contributed by atoms with Crippen LogP contribution in [0.2, 0.25) is 5.15 Å². The zero-order valence-corrected chi connectivity index (χ0v) is 20.4. The highest BCUT2D eigenvalue weighted by Crippen LogP contribution is 2.42. The van der Waals surface area contributed by atoms with Crippen LogP contribution in [0, 0.1) is 0 Å². The number of hydrogen-bond acceptors (Lipinski definition) is 8. The number of aromatic nitrogens is 4. The predicted molar refractivity (Wildman–Crippen MR) is 133 cm³/mol. The molecule has 1 saturated heterocycles. The molecule has 0 bridgehead atoms. The van der Waals surface area contributed by atoms with Crippen LogP contribution in [0.3, 0.4) is 0 Å². The van der Waals surface area contributed by atoms with E-state index < -0.39 is 29.9 Å². The Hall–Kier alpha value is -4.09. The standard InChI is InChI=1S/C18H17ClFN5O3.C7H6O2/c1-18(20)7-11(8-27-15(26)10-5-3-2-4-6-10)28-16(18)25-9-22-12-13(19)23-17(21)24-14(12)25;8-7(9)6-4-2-1-3-5-6/h2-6,9,11,16H,7-8H2,1H3,(H2,21,23,24);1-5H,(H,8,9)/t11-,16-,18-;/m1./s1. The van der Waals surface area contributed by atoms with Gasteiger partial charge in [-0.05, 0) is 31.2 Å². The number of imidazole rings is 1. The van der Waals surface area contributed by atoms with Gasteiger partial charge in [-0.3, -0.25) is 4.57 Å². The Bertz CT molecular complexity index is 1400. The minimum absolute atomic E-state index is 0.0354. The van der Waals surface area contributed by atoms with Crippen LogP contribution in [0.15, 0.2) is 67.0 Å². The van der Waals surface area contributed by atoms with E-state index in [2.05, 4.69) is 15.0 Å². The van der Waals surface area contributed by atoms with Gasteiger partial charge in [0.25, 0.3) is 0 Å². The number of ether oxygens (including phenoxy) is 2. The summed E-state index contributed by atoms with van der Waals surface area (Å²) < 4.78 is 27.8. The predicted octanol–water partition coefficient (Wildman–Crippen LogP) is 4.32. The Kier molecular flexibility index (Phi) is 7.65. The molecule has 10 nitrogen and oxygen atoms in total. The maximum absolute atomic E-state index is 15.2.